The lowest BCUT2D eigenvalue weighted by molar-refractivity contribution is -0.141. The second-order valence-electron chi connectivity index (χ2n) is 4.26. The van der Waals surface area contributed by atoms with E-state index in [9.17, 15) is 9.59 Å². The maximum atomic E-state index is 11.6. The molecule has 0 fully saturated rings. The molecular formula is C11H17NO4. The molecule has 0 aromatic heterocycles. The van der Waals surface area contributed by atoms with Gasteiger partial charge in [0.25, 0.3) is 5.91 Å². The van der Waals surface area contributed by atoms with Gasteiger partial charge in [-0.2, -0.15) is 0 Å². The van der Waals surface area contributed by atoms with E-state index in [1.165, 1.54) is 6.26 Å². The highest BCUT2D eigenvalue weighted by molar-refractivity contribution is 5.95. The lowest BCUT2D eigenvalue weighted by atomic mass is 10.0. The second-order valence-corrected chi connectivity index (χ2v) is 4.26. The average Bonchev–Trinajstić information content (AvgIpc) is 2.68. The van der Waals surface area contributed by atoms with Crippen LogP contribution in [0, 0.1) is 5.92 Å². The third-order valence-corrected chi connectivity index (χ3v) is 2.32. The summed E-state index contributed by atoms with van der Waals surface area (Å²) in [5.41, 5.74) is 0.509. The Kier molecular flexibility index (Phi) is 4.34. The zero-order valence-corrected chi connectivity index (χ0v) is 9.53. The number of amides is 1. The first-order chi connectivity index (χ1) is 7.50. The van der Waals surface area contributed by atoms with E-state index in [4.69, 9.17) is 9.84 Å². The van der Waals surface area contributed by atoms with E-state index in [2.05, 4.69) is 5.32 Å². The second kappa shape index (κ2) is 5.53. The predicted octanol–water partition coefficient (Wildman–Crippen LogP) is 0.906. The van der Waals surface area contributed by atoms with Gasteiger partial charge in [0, 0.05) is 6.42 Å². The Morgan fingerprint density at radius 2 is 2.25 bits per heavy atom. The van der Waals surface area contributed by atoms with E-state index in [1.807, 2.05) is 13.8 Å². The molecule has 0 aromatic carbocycles. The van der Waals surface area contributed by atoms with Crippen LogP contribution in [0.2, 0.25) is 0 Å². The Bertz CT molecular complexity index is 309. The summed E-state index contributed by atoms with van der Waals surface area (Å²) < 4.78 is 4.93. The van der Waals surface area contributed by atoms with E-state index in [1.54, 1.807) is 0 Å². The van der Waals surface area contributed by atoms with E-state index in [0.29, 0.717) is 25.0 Å². The first-order valence-corrected chi connectivity index (χ1v) is 5.35. The van der Waals surface area contributed by atoms with Crippen LogP contribution in [0.5, 0.6) is 0 Å². The molecule has 2 N–H and O–H groups in total. The summed E-state index contributed by atoms with van der Waals surface area (Å²) in [6, 6.07) is -0.825. The number of aliphatic carboxylic acids is 1. The van der Waals surface area contributed by atoms with Crippen LogP contribution in [0.4, 0.5) is 0 Å². The molecule has 90 valence electrons. The maximum absolute atomic E-state index is 11.6. The molecule has 5 heteroatoms. The van der Waals surface area contributed by atoms with Gasteiger partial charge in [0.1, 0.15) is 6.04 Å². The number of carbonyl (C=O) groups is 2. The number of carboxylic acid groups (broad SMARTS) is 1. The van der Waals surface area contributed by atoms with Gasteiger partial charge in [0.15, 0.2) is 0 Å². The topological polar surface area (TPSA) is 75.6 Å². The predicted molar refractivity (Wildman–Crippen MR) is 57.7 cm³/mol. The summed E-state index contributed by atoms with van der Waals surface area (Å²) in [6.45, 7) is 4.32. The number of ether oxygens (including phenoxy) is 1. The lowest BCUT2D eigenvalue weighted by Crippen LogP contribution is -2.42. The van der Waals surface area contributed by atoms with Crippen LogP contribution in [0.3, 0.4) is 0 Å². The van der Waals surface area contributed by atoms with Crippen LogP contribution in [-0.2, 0) is 14.3 Å². The van der Waals surface area contributed by atoms with Crippen molar-refractivity contribution >= 4 is 11.9 Å². The summed E-state index contributed by atoms with van der Waals surface area (Å²) in [5.74, 6) is -1.12. The van der Waals surface area contributed by atoms with Crippen molar-refractivity contribution in [1.29, 1.82) is 0 Å². The average molecular weight is 227 g/mol. The Hall–Kier alpha value is -1.52. The van der Waals surface area contributed by atoms with Crippen LogP contribution < -0.4 is 5.32 Å². The van der Waals surface area contributed by atoms with E-state index in [0.717, 1.165) is 0 Å². The van der Waals surface area contributed by atoms with Gasteiger partial charge in [-0.15, -0.1) is 0 Å². The summed E-state index contributed by atoms with van der Waals surface area (Å²) in [7, 11) is 0. The monoisotopic (exact) mass is 227 g/mol. The summed E-state index contributed by atoms with van der Waals surface area (Å²) in [5, 5.41) is 11.5. The van der Waals surface area contributed by atoms with Crippen molar-refractivity contribution in [3.8, 4) is 0 Å². The first-order valence-electron chi connectivity index (χ1n) is 5.35. The molecule has 1 atom stereocenters. The lowest BCUT2D eigenvalue weighted by Gasteiger charge is -2.16. The minimum Gasteiger partial charge on any atom is -0.500 e. The standard InChI is InChI=1S/C11H17NO4/c1-7(2)5-9(11(14)15)12-10(13)8-3-4-16-6-8/h6-7,9H,3-5H2,1-2H3,(H,12,13)(H,14,15). The van der Waals surface area contributed by atoms with E-state index < -0.39 is 12.0 Å². The van der Waals surface area contributed by atoms with Crippen LogP contribution in [0.15, 0.2) is 11.8 Å². The molecule has 0 aliphatic carbocycles. The summed E-state index contributed by atoms with van der Waals surface area (Å²) >= 11 is 0. The fraction of sp³-hybridized carbons (Fsp3) is 0.636. The number of nitrogens with one attached hydrogen (secondary N) is 1. The highest BCUT2D eigenvalue weighted by Gasteiger charge is 2.23. The van der Waals surface area contributed by atoms with Crippen molar-refractivity contribution in [3.63, 3.8) is 0 Å². The molecule has 1 rings (SSSR count). The normalized spacial score (nSPS) is 16.6. The summed E-state index contributed by atoms with van der Waals surface area (Å²) in [4.78, 5) is 22.5. The van der Waals surface area contributed by atoms with Crippen LogP contribution in [-0.4, -0.2) is 29.6 Å². The fourth-order valence-corrected chi connectivity index (χ4v) is 1.50. The minimum atomic E-state index is -0.999. The van der Waals surface area contributed by atoms with Gasteiger partial charge < -0.3 is 15.2 Å². The van der Waals surface area contributed by atoms with Crippen molar-refractivity contribution < 1.29 is 19.4 Å². The molecular weight excluding hydrogens is 210 g/mol. The molecule has 0 radical (unpaired) electrons. The Balaban J connectivity index is 2.54. The van der Waals surface area contributed by atoms with Crippen molar-refractivity contribution in [1.82, 2.24) is 5.32 Å². The smallest absolute Gasteiger partial charge is 0.326 e. The molecule has 0 aromatic rings. The molecule has 0 saturated heterocycles. The summed E-state index contributed by atoms with van der Waals surface area (Å²) in [6.07, 6.45) is 2.36. The SMILES string of the molecule is CC(C)CC(NC(=O)C1=COCC1)C(=O)O. The van der Waals surface area contributed by atoms with Crippen molar-refractivity contribution in [2.24, 2.45) is 5.92 Å². The number of hydrogen-bond donors (Lipinski definition) is 2. The molecule has 1 unspecified atom stereocenters. The first kappa shape index (κ1) is 12.5. The largest absolute Gasteiger partial charge is 0.500 e. The number of hydrogen-bond acceptors (Lipinski definition) is 3. The maximum Gasteiger partial charge on any atom is 0.326 e. The van der Waals surface area contributed by atoms with E-state index in [-0.39, 0.29) is 11.8 Å². The molecule has 16 heavy (non-hydrogen) atoms. The molecule has 1 aliphatic rings. The molecule has 1 aliphatic heterocycles. The van der Waals surface area contributed by atoms with Gasteiger partial charge in [-0.3, -0.25) is 4.79 Å². The Morgan fingerprint density at radius 1 is 1.56 bits per heavy atom. The van der Waals surface area contributed by atoms with Gasteiger partial charge in [0.05, 0.1) is 18.4 Å². The highest BCUT2D eigenvalue weighted by Crippen LogP contribution is 2.12. The molecule has 1 amide bonds. The number of carbonyl (C=O) groups excluding carboxylic acids is 1. The van der Waals surface area contributed by atoms with Crippen LogP contribution in [0.25, 0.3) is 0 Å². The quantitative estimate of drug-likeness (QED) is 0.731. The van der Waals surface area contributed by atoms with Crippen LogP contribution in [0.1, 0.15) is 26.7 Å². The molecule has 5 nitrogen and oxygen atoms in total. The van der Waals surface area contributed by atoms with Gasteiger partial charge in [-0.1, -0.05) is 13.8 Å². The zero-order chi connectivity index (χ0) is 12.1. The van der Waals surface area contributed by atoms with Gasteiger partial charge in [-0.25, -0.2) is 4.79 Å². The third kappa shape index (κ3) is 3.56. The van der Waals surface area contributed by atoms with Crippen molar-refractivity contribution in [2.75, 3.05) is 6.61 Å². The van der Waals surface area contributed by atoms with Gasteiger partial charge in [0.2, 0.25) is 0 Å². The number of carboxylic acids is 1. The molecule has 0 saturated carbocycles. The molecule has 1 heterocycles. The minimum absolute atomic E-state index is 0.218. The third-order valence-electron chi connectivity index (χ3n) is 2.32. The van der Waals surface area contributed by atoms with Gasteiger partial charge >= 0.3 is 5.97 Å². The van der Waals surface area contributed by atoms with Crippen molar-refractivity contribution in [3.05, 3.63) is 11.8 Å². The van der Waals surface area contributed by atoms with Gasteiger partial charge in [-0.05, 0) is 12.3 Å². The number of rotatable bonds is 5. The zero-order valence-electron chi connectivity index (χ0n) is 9.53. The fourth-order valence-electron chi connectivity index (χ4n) is 1.50. The van der Waals surface area contributed by atoms with Crippen LogP contribution >= 0.6 is 0 Å². The molecule has 0 spiro atoms. The van der Waals surface area contributed by atoms with E-state index >= 15 is 0 Å². The Labute approximate surface area is 94.5 Å². The Morgan fingerprint density at radius 3 is 2.69 bits per heavy atom. The molecule has 0 bridgehead atoms. The van der Waals surface area contributed by atoms with Crippen molar-refractivity contribution in [2.45, 2.75) is 32.7 Å². The highest BCUT2D eigenvalue weighted by atomic mass is 16.5.